The molecule has 5 heteroatoms. The van der Waals surface area contributed by atoms with Gasteiger partial charge in [-0.1, -0.05) is 38.1 Å². The van der Waals surface area contributed by atoms with E-state index in [-0.39, 0.29) is 5.91 Å². The molecule has 5 nitrogen and oxygen atoms in total. The van der Waals surface area contributed by atoms with E-state index in [1.165, 1.54) is 11.1 Å². The fourth-order valence-electron chi connectivity index (χ4n) is 3.26. The molecule has 0 spiro atoms. The van der Waals surface area contributed by atoms with Gasteiger partial charge in [-0.3, -0.25) is 9.69 Å². The van der Waals surface area contributed by atoms with E-state index in [0.717, 1.165) is 32.7 Å². The average molecular weight is 353 g/mol. The van der Waals surface area contributed by atoms with Crippen molar-refractivity contribution >= 4 is 5.91 Å². The topological polar surface area (TPSA) is 45.7 Å². The summed E-state index contributed by atoms with van der Waals surface area (Å²) in [5.41, 5.74) is 3.23. The lowest BCUT2D eigenvalue weighted by atomic mass is 10.0. The van der Waals surface area contributed by atoms with Gasteiger partial charge < -0.3 is 9.64 Å². The lowest BCUT2D eigenvalue weighted by Gasteiger charge is -2.35. The van der Waals surface area contributed by atoms with Crippen molar-refractivity contribution in [2.24, 2.45) is 0 Å². The summed E-state index contributed by atoms with van der Waals surface area (Å²) in [7, 11) is 1.54. The van der Waals surface area contributed by atoms with Crippen molar-refractivity contribution in [3.05, 3.63) is 59.3 Å². The molecule has 1 amide bonds. The predicted molar refractivity (Wildman–Crippen MR) is 103 cm³/mol. The second-order valence-electron chi connectivity index (χ2n) is 7.02. The first-order valence-corrected chi connectivity index (χ1v) is 9.18. The third-order valence-corrected chi connectivity index (χ3v) is 4.91. The SMILES string of the molecule is COc1ncccc1C(=O)N1CCN(Cc2ccc(C(C)C)cc2)CC1. The van der Waals surface area contributed by atoms with Gasteiger partial charge in [-0.2, -0.15) is 0 Å². The van der Waals surface area contributed by atoms with Crippen molar-refractivity contribution in [2.75, 3.05) is 33.3 Å². The molecule has 0 atom stereocenters. The number of hydrogen-bond acceptors (Lipinski definition) is 4. The number of piperazine rings is 1. The van der Waals surface area contributed by atoms with Crippen LogP contribution in [0, 0.1) is 0 Å². The van der Waals surface area contributed by atoms with E-state index in [4.69, 9.17) is 4.74 Å². The summed E-state index contributed by atoms with van der Waals surface area (Å²) >= 11 is 0. The highest BCUT2D eigenvalue weighted by Crippen LogP contribution is 2.19. The summed E-state index contributed by atoms with van der Waals surface area (Å²) in [4.78, 5) is 21.1. The number of ether oxygens (including phenoxy) is 1. The molecule has 1 aromatic carbocycles. The monoisotopic (exact) mass is 353 g/mol. The third kappa shape index (κ3) is 4.22. The van der Waals surface area contributed by atoms with Crippen LogP contribution in [0.2, 0.25) is 0 Å². The Morgan fingerprint density at radius 2 is 1.81 bits per heavy atom. The summed E-state index contributed by atoms with van der Waals surface area (Å²) in [6.07, 6.45) is 1.64. The Morgan fingerprint density at radius 3 is 2.42 bits per heavy atom. The zero-order valence-corrected chi connectivity index (χ0v) is 15.8. The first-order valence-electron chi connectivity index (χ1n) is 9.18. The first kappa shape index (κ1) is 18.4. The van der Waals surface area contributed by atoms with Crippen LogP contribution in [0.1, 0.15) is 41.3 Å². The smallest absolute Gasteiger partial charge is 0.259 e. The van der Waals surface area contributed by atoms with E-state index in [9.17, 15) is 4.79 Å². The predicted octanol–water partition coefficient (Wildman–Crippen LogP) is 3.17. The fraction of sp³-hybridized carbons (Fsp3) is 0.429. The van der Waals surface area contributed by atoms with Gasteiger partial charge in [-0.25, -0.2) is 4.98 Å². The highest BCUT2D eigenvalue weighted by Gasteiger charge is 2.24. The molecule has 2 heterocycles. The molecular formula is C21H27N3O2. The lowest BCUT2D eigenvalue weighted by molar-refractivity contribution is 0.0624. The largest absolute Gasteiger partial charge is 0.480 e. The molecule has 0 aliphatic carbocycles. The molecule has 0 saturated carbocycles. The zero-order valence-electron chi connectivity index (χ0n) is 15.8. The van der Waals surface area contributed by atoms with Crippen molar-refractivity contribution in [2.45, 2.75) is 26.3 Å². The zero-order chi connectivity index (χ0) is 18.5. The Labute approximate surface area is 155 Å². The second kappa shape index (κ2) is 8.32. The third-order valence-electron chi connectivity index (χ3n) is 4.91. The van der Waals surface area contributed by atoms with Crippen LogP contribution < -0.4 is 4.74 Å². The Morgan fingerprint density at radius 1 is 1.12 bits per heavy atom. The molecule has 1 aliphatic rings. The van der Waals surface area contributed by atoms with E-state index in [0.29, 0.717) is 17.4 Å². The molecule has 0 unspecified atom stereocenters. The van der Waals surface area contributed by atoms with Crippen LogP contribution in [0.25, 0.3) is 0 Å². The Bertz CT molecular complexity index is 735. The first-order chi connectivity index (χ1) is 12.6. The number of hydrogen-bond donors (Lipinski definition) is 0. The average Bonchev–Trinajstić information content (AvgIpc) is 2.68. The van der Waals surface area contributed by atoms with Crippen LogP contribution in [0.4, 0.5) is 0 Å². The van der Waals surface area contributed by atoms with Gasteiger partial charge in [0.15, 0.2) is 0 Å². The number of methoxy groups -OCH3 is 1. The number of amides is 1. The van der Waals surface area contributed by atoms with Crippen molar-refractivity contribution in [1.82, 2.24) is 14.8 Å². The molecule has 1 fully saturated rings. The van der Waals surface area contributed by atoms with E-state index < -0.39 is 0 Å². The summed E-state index contributed by atoms with van der Waals surface area (Å²) in [5.74, 6) is 0.948. The van der Waals surface area contributed by atoms with Gasteiger partial charge in [0.2, 0.25) is 5.88 Å². The number of carbonyl (C=O) groups excluding carboxylic acids is 1. The lowest BCUT2D eigenvalue weighted by Crippen LogP contribution is -2.48. The maximum absolute atomic E-state index is 12.7. The van der Waals surface area contributed by atoms with Gasteiger partial charge in [0, 0.05) is 38.9 Å². The van der Waals surface area contributed by atoms with Crippen LogP contribution in [-0.4, -0.2) is 54.0 Å². The van der Waals surface area contributed by atoms with Crippen molar-refractivity contribution in [3.63, 3.8) is 0 Å². The number of nitrogens with zero attached hydrogens (tertiary/aromatic N) is 3. The normalized spacial score (nSPS) is 15.3. The molecule has 0 radical (unpaired) electrons. The Kier molecular flexibility index (Phi) is 5.89. The highest BCUT2D eigenvalue weighted by molar-refractivity contribution is 5.96. The minimum atomic E-state index is -0.00381. The van der Waals surface area contributed by atoms with Crippen molar-refractivity contribution in [3.8, 4) is 5.88 Å². The van der Waals surface area contributed by atoms with Gasteiger partial charge in [0.1, 0.15) is 5.56 Å². The van der Waals surface area contributed by atoms with E-state index >= 15 is 0 Å². The van der Waals surface area contributed by atoms with Gasteiger partial charge >= 0.3 is 0 Å². The van der Waals surface area contributed by atoms with Crippen molar-refractivity contribution < 1.29 is 9.53 Å². The molecule has 26 heavy (non-hydrogen) atoms. The minimum Gasteiger partial charge on any atom is -0.480 e. The van der Waals surface area contributed by atoms with E-state index in [2.05, 4.69) is 48.0 Å². The van der Waals surface area contributed by atoms with Crippen LogP contribution in [0.5, 0.6) is 5.88 Å². The molecule has 3 rings (SSSR count). The standard InChI is InChI=1S/C21H27N3O2/c1-16(2)18-8-6-17(7-9-18)15-23-11-13-24(14-12-23)21(25)19-5-4-10-22-20(19)26-3/h4-10,16H,11-15H2,1-3H3. The van der Waals surface area contributed by atoms with Crippen LogP contribution in [0.15, 0.2) is 42.6 Å². The summed E-state index contributed by atoms with van der Waals surface area (Å²) in [6.45, 7) is 8.55. The van der Waals surface area contributed by atoms with Crippen LogP contribution in [-0.2, 0) is 6.54 Å². The van der Waals surface area contributed by atoms with Crippen molar-refractivity contribution in [1.29, 1.82) is 0 Å². The summed E-state index contributed by atoms with van der Waals surface area (Å²) in [5, 5.41) is 0. The molecule has 2 aromatic rings. The van der Waals surface area contributed by atoms with Gasteiger partial charge in [0.05, 0.1) is 7.11 Å². The highest BCUT2D eigenvalue weighted by atomic mass is 16.5. The molecule has 0 N–H and O–H groups in total. The maximum atomic E-state index is 12.7. The molecule has 0 bridgehead atoms. The number of carbonyl (C=O) groups is 1. The van der Waals surface area contributed by atoms with Crippen LogP contribution in [0.3, 0.4) is 0 Å². The minimum absolute atomic E-state index is 0.00381. The molecular weight excluding hydrogens is 326 g/mol. The number of rotatable bonds is 5. The summed E-state index contributed by atoms with van der Waals surface area (Å²) in [6, 6.07) is 12.4. The Balaban J connectivity index is 1.56. The maximum Gasteiger partial charge on any atom is 0.259 e. The number of benzene rings is 1. The van der Waals surface area contributed by atoms with Gasteiger partial charge in [-0.05, 0) is 29.2 Å². The number of aromatic nitrogens is 1. The second-order valence-corrected chi connectivity index (χ2v) is 7.02. The molecule has 1 aliphatic heterocycles. The van der Waals surface area contributed by atoms with E-state index in [1.54, 1.807) is 25.4 Å². The molecule has 1 aromatic heterocycles. The summed E-state index contributed by atoms with van der Waals surface area (Å²) < 4.78 is 5.21. The van der Waals surface area contributed by atoms with Gasteiger partial charge in [0.25, 0.3) is 5.91 Å². The molecule has 138 valence electrons. The Hall–Kier alpha value is -2.40. The van der Waals surface area contributed by atoms with E-state index in [1.807, 2.05) is 4.90 Å². The fourth-order valence-corrected chi connectivity index (χ4v) is 3.26. The number of pyridine rings is 1. The van der Waals surface area contributed by atoms with Crippen LogP contribution >= 0.6 is 0 Å². The molecule has 1 saturated heterocycles. The quantitative estimate of drug-likeness (QED) is 0.828. The van der Waals surface area contributed by atoms with Gasteiger partial charge in [-0.15, -0.1) is 0 Å².